The molecule has 2 aromatic rings. The van der Waals surface area contributed by atoms with Crippen molar-refractivity contribution in [1.29, 1.82) is 0 Å². The molecule has 3 nitrogen and oxygen atoms in total. The van der Waals surface area contributed by atoms with Crippen LogP contribution in [0, 0.1) is 0 Å². The molecule has 1 aromatic carbocycles. The summed E-state index contributed by atoms with van der Waals surface area (Å²) in [6, 6.07) is 8.71. The van der Waals surface area contributed by atoms with E-state index < -0.39 is 5.43 Å². The van der Waals surface area contributed by atoms with E-state index in [1.54, 1.807) is 6.07 Å². The summed E-state index contributed by atoms with van der Waals surface area (Å²) in [5, 5.41) is 9.70. The molecular weight excluding hydrogens is 260 g/mol. The average molecular weight is 269 g/mol. The number of halogens is 1. The van der Waals surface area contributed by atoms with Crippen LogP contribution in [0.15, 0.2) is 50.7 Å². The largest absolute Gasteiger partial charge is 0.502 e. The molecule has 0 aliphatic heterocycles. The zero-order valence-corrected chi connectivity index (χ0v) is 10.3. The van der Waals surface area contributed by atoms with Crippen molar-refractivity contribution in [2.24, 2.45) is 0 Å². The van der Waals surface area contributed by atoms with Gasteiger partial charge in [0.05, 0.1) is 5.75 Å². The van der Waals surface area contributed by atoms with Crippen molar-refractivity contribution in [3.05, 3.63) is 57.6 Å². The third-order valence-corrected chi connectivity index (χ3v) is 3.29. The van der Waals surface area contributed by atoms with Crippen molar-refractivity contribution in [2.45, 2.75) is 10.6 Å². The van der Waals surface area contributed by atoms with Crippen LogP contribution in [0.3, 0.4) is 0 Å². The Morgan fingerprint density at radius 3 is 2.88 bits per heavy atom. The van der Waals surface area contributed by atoms with Crippen molar-refractivity contribution in [2.75, 3.05) is 0 Å². The van der Waals surface area contributed by atoms with E-state index in [1.807, 2.05) is 18.2 Å². The number of thioether (sulfide) groups is 1. The van der Waals surface area contributed by atoms with Crippen molar-refractivity contribution < 1.29 is 9.52 Å². The van der Waals surface area contributed by atoms with Gasteiger partial charge in [-0.1, -0.05) is 17.7 Å². The van der Waals surface area contributed by atoms with Crippen LogP contribution in [0.1, 0.15) is 5.76 Å². The predicted octanol–water partition coefficient (Wildman–Crippen LogP) is 3.29. The van der Waals surface area contributed by atoms with Gasteiger partial charge >= 0.3 is 0 Å². The Morgan fingerprint density at radius 2 is 2.18 bits per heavy atom. The van der Waals surface area contributed by atoms with Gasteiger partial charge in [-0.3, -0.25) is 4.79 Å². The zero-order valence-electron chi connectivity index (χ0n) is 8.72. The van der Waals surface area contributed by atoms with Gasteiger partial charge in [0.2, 0.25) is 5.43 Å². The van der Waals surface area contributed by atoms with Crippen LogP contribution in [0.25, 0.3) is 0 Å². The van der Waals surface area contributed by atoms with Crippen LogP contribution < -0.4 is 5.43 Å². The van der Waals surface area contributed by atoms with Crippen molar-refractivity contribution in [3.8, 4) is 5.75 Å². The summed E-state index contributed by atoms with van der Waals surface area (Å²) in [5.74, 6) is 0.648. The van der Waals surface area contributed by atoms with Gasteiger partial charge in [-0.15, -0.1) is 11.8 Å². The first-order valence-corrected chi connectivity index (χ1v) is 6.20. The van der Waals surface area contributed by atoms with E-state index in [9.17, 15) is 4.79 Å². The fourth-order valence-electron chi connectivity index (χ4n) is 1.23. The lowest BCUT2D eigenvalue weighted by Crippen LogP contribution is -1.98. The highest BCUT2D eigenvalue weighted by Crippen LogP contribution is 2.24. The molecule has 1 aromatic heterocycles. The molecule has 0 saturated heterocycles. The molecule has 1 N–H and O–H groups in total. The van der Waals surface area contributed by atoms with Crippen LogP contribution in [0.2, 0.25) is 5.02 Å². The molecule has 0 radical (unpaired) electrons. The Hall–Kier alpha value is -1.39. The molecule has 0 spiro atoms. The Kier molecular flexibility index (Phi) is 3.76. The van der Waals surface area contributed by atoms with E-state index in [-0.39, 0.29) is 5.75 Å². The molecule has 0 atom stereocenters. The smallest absolute Gasteiger partial charge is 0.226 e. The number of aromatic hydroxyl groups is 1. The molecule has 0 saturated carbocycles. The maximum Gasteiger partial charge on any atom is 0.226 e. The monoisotopic (exact) mass is 268 g/mol. The minimum atomic E-state index is -0.432. The van der Waals surface area contributed by atoms with E-state index in [4.69, 9.17) is 21.1 Å². The highest BCUT2D eigenvalue weighted by atomic mass is 35.5. The lowest BCUT2D eigenvalue weighted by Gasteiger charge is -2.01. The van der Waals surface area contributed by atoms with E-state index in [2.05, 4.69) is 0 Å². The molecule has 1 heterocycles. The number of benzene rings is 1. The molecule has 0 aliphatic rings. The SMILES string of the molecule is O=c1cc(CSc2cccc(Cl)c2)occ1O. The molecule has 88 valence electrons. The Labute approximate surface area is 107 Å². The summed E-state index contributed by atoms with van der Waals surface area (Å²) in [7, 11) is 0. The van der Waals surface area contributed by atoms with E-state index in [0.717, 1.165) is 11.2 Å². The molecule has 2 rings (SSSR count). The summed E-state index contributed by atoms with van der Waals surface area (Å²) in [6.07, 6.45) is 1.05. The maximum absolute atomic E-state index is 11.2. The Bertz CT molecular complexity index is 580. The third kappa shape index (κ3) is 3.28. The molecule has 17 heavy (non-hydrogen) atoms. The zero-order chi connectivity index (χ0) is 12.3. The molecule has 0 fully saturated rings. The minimum Gasteiger partial charge on any atom is -0.502 e. The van der Waals surface area contributed by atoms with Gasteiger partial charge in [0.1, 0.15) is 12.0 Å². The van der Waals surface area contributed by atoms with Gasteiger partial charge in [0, 0.05) is 16.0 Å². The normalized spacial score (nSPS) is 10.4. The van der Waals surface area contributed by atoms with Crippen LogP contribution in [-0.2, 0) is 5.75 Å². The Morgan fingerprint density at radius 1 is 1.35 bits per heavy atom. The topological polar surface area (TPSA) is 50.4 Å². The van der Waals surface area contributed by atoms with Crippen LogP contribution in [0.4, 0.5) is 0 Å². The van der Waals surface area contributed by atoms with Crippen molar-refractivity contribution in [3.63, 3.8) is 0 Å². The second-order valence-electron chi connectivity index (χ2n) is 3.34. The second-order valence-corrected chi connectivity index (χ2v) is 4.83. The molecule has 0 amide bonds. The van der Waals surface area contributed by atoms with E-state index >= 15 is 0 Å². The van der Waals surface area contributed by atoms with Gasteiger partial charge < -0.3 is 9.52 Å². The summed E-state index contributed by atoms with van der Waals surface area (Å²) < 4.78 is 5.09. The lowest BCUT2D eigenvalue weighted by atomic mass is 10.4. The third-order valence-electron chi connectivity index (χ3n) is 2.04. The molecular formula is C12H9ClO3S. The van der Waals surface area contributed by atoms with E-state index in [1.165, 1.54) is 17.8 Å². The first-order valence-electron chi connectivity index (χ1n) is 4.84. The first kappa shape index (κ1) is 12.1. The summed E-state index contributed by atoms with van der Waals surface area (Å²) in [6.45, 7) is 0. The standard InChI is InChI=1S/C12H9ClO3S/c13-8-2-1-3-10(4-8)17-7-9-5-11(14)12(15)6-16-9/h1-6,15H,7H2. The Balaban J connectivity index is 2.07. The summed E-state index contributed by atoms with van der Waals surface area (Å²) in [5.41, 5.74) is -0.432. The minimum absolute atomic E-state index is 0.374. The molecule has 0 bridgehead atoms. The quantitative estimate of drug-likeness (QED) is 0.868. The van der Waals surface area contributed by atoms with Crippen molar-refractivity contribution in [1.82, 2.24) is 0 Å². The molecule has 5 heteroatoms. The van der Waals surface area contributed by atoms with Gasteiger partial charge in [-0.2, -0.15) is 0 Å². The number of hydrogen-bond acceptors (Lipinski definition) is 4. The first-order chi connectivity index (χ1) is 8.15. The highest BCUT2D eigenvalue weighted by Gasteiger charge is 2.03. The molecule has 0 aliphatic carbocycles. The van der Waals surface area contributed by atoms with Crippen LogP contribution >= 0.6 is 23.4 Å². The van der Waals surface area contributed by atoms with Gasteiger partial charge in [-0.25, -0.2) is 0 Å². The fourth-order valence-corrected chi connectivity index (χ4v) is 2.33. The second kappa shape index (κ2) is 5.29. The lowest BCUT2D eigenvalue weighted by molar-refractivity contribution is 0.419. The maximum atomic E-state index is 11.2. The van der Waals surface area contributed by atoms with Gasteiger partial charge in [-0.05, 0) is 18.2 Å². The summed E-state index contributed by atoms with van der Waals surface area (Å²) >= 11 is 7.36. The average Bonchev–Trinajstić information content (AvgIpc) is 2.31. The predicted molar refractivity (Wildman–Crippen MR) is 67.7 cm³/mol. The van der Waals surface area contributed by atoms with E-state index in [0.29, 0.717) is 16.5 Å². The van der Waals surface area contributed by atoms with Crippen LogP contribution in [-0.4, -0.2) is 5.11 Å². The highest BCUT2D eigenvalue weighted by molar-refractivity contribution is 7.98. The van der Waals surface area contributed by atoms with Crippen LogP contribution in [0.5, 0.6) is 5.75 Å². The number of hydrogen-bond donors (Lipinski definition) is 1. The summed E-state index contributed by atoms with van der Waals surface area (Å²) in [4.78, 5) is 12.2. The van der Waals surface area contributed by atoms with Gasteiger partial charge in [0.25, 0.3) is 0 Å². The molecule has 0 unspecified atom stereocenters. The number of rotatable bonds is 3. The fraction of sp³-hybridized carbons (Fsp3) is 0.0833. The van der Waals surface area contributed by atoms with Gasteiger partial charge in [0.15, 0.2) is 5.75 Å². The van der Waals surface area contributed by atoms with Crippen molar-refractivity contribution >= 4 is 23.4 Å².